The lowest BCUT2D eigenvalue weighted by Gasteiger charge is -2.12. The van der Waals surface area contributed by atoms with E-state index in [0.29, 0.717) is 29.2 Å². The number of non-ortho nitro benzene ring substituents is 1. The molecular weight excluding hydrogens is 336 g/mol. The average molecular weight is 353 g/mol. The van der Waals surface area contributed by atoms with Gasteiger partial charge in [0.05, 0.1) is 11.5 Å². The number of rotatable bonds is 7. The van der Waals surface area contributed by atoms with Gasteiger partial charge in [0.2, 0.25) is 0 Å². The maximum atomic E-state index is 11.0. The summed E-state index contributed by atoms with van der Waals surface area (Å²) in [7, 11) is 0. The highest BCUT2D eigenvalue weighted by Gasteiger charge is 2.16. The lowest BCUT2D eigenvalue weighted by Crippen LogP contribution is -2.05. The maximum Gasteiger partial charge on any atom is 0.295 e. The summed E-state index contributed by atoms with van der Waals surface area (Å²) in [5, 5.41) is 12.7. The molecule has 0 saturated carbocycles. The summed E-state index contributed by atoms with van der Waals surface area (Å²) in [4.78, 5) is 14.7. The fraction of sp³-hybridized carbons (Fsp3) is 0.400. The van der Waals surface area contributed by atoms with Crippen molar-refractivity contribution >= 4 is 32.5 Å². The number of benzene rings is 1. The van der Waals surface area contributed by atoms with Gasteiger partial charge in [-0.3, -0.25) is 10.1 Å². The van der Waals surface area contributed by atoms with Crippen molar-refractivity contribution in [1.82, 2.24) is 4.98 Å². The maximum absolute atomic E-state index is 11.0. The van der Waals surface area contributed by atoms with Crippen LogP contribution in [0.2, 0.25) is 0 Å². The number of nitro groups is 1. The van der Waals surface area contributed by atoms with Crippen molar-refractivity contribution in [2.45, 2.75) is 19.8 Å². The van der Waals surface area contributed by atoms with Gasteiger partial charge in [0.1, 0.15) is 5.75 Å². The molecule has 0 fully saturated rings. The number of nitrogens with zero attached hydrogens (tertiary/aromatic N) is 2. The number of halogens is 1. The molecular formula is C15H17BrN2O3. The molecule has 0 amide bonds. The second-order valence-corrected chi connectivity index (χ2v) is 5.75. The van der Waals surface area contributed by atoms with Crippen molar-refractivity contribution < 1.29 is 9.66 Å². The minimum Gasteiger partial charge on any atom is -0.493 e. The molecule has 0 radical (unpaired) electrons. The van der Waals surface area contributed by atoms with Gasteiger partial charge in [-0.1, -0.05) is 22.9 Å². The van der Waals surface area contributed by atoms with Gasteiger partial charge in [-0.15, -0.1) is 0 Å². The Labute approximate surface area is 131 Å². The average Bonchev–Trinajstić information content (AvgIpc) is 2.47. The molecule has 1 heterocycles. The van der Waals surface area contributed by atoms with Crippen molar-refractivity contribution in [1.29, 1.82) is 0 Å². The number of fused-ring (bicyclic) bond motifs is 1. The second-order valence-electron chi connectivity index (χ2n) is 4.96. The Morgan fingerprint density at radius 3 is 2.90 bits per heavy atom. The van der Waals surface area contributed by atoms with Crippen LogP contribution in [0.5, 0.6) is 5.75 Å². The molecule has 6 heteroatoms. The van der Waals surface area contributed by atoms with Crippen LogP contribution in [0.3, 0.4) is 0 Å². The number of aromatic nitrogens is 1. The molecule has 21 heavy (non-hydrogen) atoms. The molecule has 0 saturated heterocycles. The summed E-state index contributed by atoms with van der Waals surface area (Å²) in [6.07, 6.45) is 3.60. The van der Waals surface area contributed by atoms with Gasteiger partial charge in [-0.25, -0.2) is 4.98 Å². The largest absolute Gasteiger partial charge is 0.493 e. The van der Waals surface area contributed by atoms with Crippen LogP contribution in [0.25, 0.3) is 10.9 Å². The van der Waals surface area contributed by atoms with Gasteiger partial charge in [0.15, 0.2) is 5.52 Å². The predicted octanol–water partition coefficient (Wildman–Crippen LogP) is 4.33. The van der Waals surface area contributed by atoms with Gasteiger partial charge in [0.25, 0.3) is 5.69 Å². The topological polar surface area (TPSA) is 65.3 Å². The number of pyridine rings is 1. The van der Waals surface area contributed by atoms with E-state index in [1.165, 1.54) is 6.07 Å². The van der Waals surface area contributed by atoms with E-state index >= 15 is 0 Å². The highest BCUT2D eigenvalue weighted by molar-refractivity contribution is 9.09. The number of nitro benzene ring substituents is 1. The van der Waals surface area contributed by atoms with Crippen molar-refractivity contribution in [2.24, 2.45) is 5.92 Å². The van der Waals surface area contributed by atoms with Crippen LogP contribution in [0.1, 0.15) is 19.8 Å². The van der Waals surface area contributed by atoms with Gasteiger partial charge in [0, 0.05) is 23.0 Å². The van der Waals surface area contributed by atoms with E-state index in [0.717, 1.165) is 18.2 Å². The first-order valence-electron chi connectivity index (χ1n) is 6.84. The number of hydrogen-bond donors (Lipinski definition) is 0. The fourth-order valence-corrected chi connectivity index (χ4v) is 2.89. The molecule has 112 valence electrons. The molecule has 0 spiro atoms. The minimum atomic E-state index is -0.419. The van der Waals surface area contributed by atoms with E-state index in [9.17, 15) is 10.1 Å². The van der Waals surface area contributed by atoms with Crippen molar-refractivity contribution in [3.05, 3.63) is 40.6 Å². The summed E-state index contributed by atoms with van der Waals surface area (Å²) < 4.78 is 5.79. The first-order chi connectivity index (χ1) is 10.1. The Bertz CT molecular complexity index is 633. The predicted molar refractivity (Wildman–Crippen MR) is 86.1 cm³/mol. The van der Waals surface area contributed by atoms with Crippen LogP contribution in [-0.4, -0.2) is 21.8 Å². The van der Waals surface area contributed by atoms with E-state index in [-0.39, 0.29) is 5.69 Å². The molecule has 0 N–H and O–H groups in total. The molecule has 1 aromatic heterocycles. The van der Waals surface area contributed by atoms with Crippen LogP contribution in [0.15, 0.2) is 30.5 Å². The third-order valence-electron chi connectivity index (χ3n) is 3.38. The lowest BCUT2D eigenvalue weighted by molar-refractivity contribution is -0.383. The Hall–Kier alpha value is -1.69. The van der Waals surface area contributed by atoms with E-state index < -0.39 is 4.92 Å². The Morgan fingerprint density at radius 1 is 1.38 bits per heavy atom. The summed E-state index contributed by atoms with van der Waals surface area (Å²) in [5.74, 6) is 1.22. The van der Waals surface area contributed by atoms with Gasteiger partial charge in [-0.05, 0) is 37.0 Å². The summed E-state index contributed by atoms with van der Waals surface area (Å²) >= 11 is 3.43. The molecule has 0 aliphatic heterocycles. The normalized spacial score (nSPS) is 12.3. The number of alkyl halides is 1. The van der Waals surface area contributed by atoms with Crippen molar-refractivity contribution in [2.75, 3.05) is 11.9 Å². The summed E-state index contributed by atoms with van der Waals surface area (Å²) in [5.41, 5.74) is 0.374. The Kier molecular flexibility index (Phi) is 5.50. The van der Waals surface area contributed by atoms with Crippen LogP contribution in [0, 0.1) is 16.0 Å². The molecule has 0 aliphatic rings. The van der Waals surface area contributed by atoms with Crippen LogP contribution in [-0.2, 0) is 0 Å². The Balaban J connectivity index is 2.18. The number of ether oxygens (including phenoxy) is 1. The van der Waals surface area contributed by atoms with Gasteiger partial charge in [-0.2, -0.15) is 0 Å². The Morgan fingerprint density at radius 2 is 2.19 bits per heavy atom. The molecule has 1 unspecified atom stereocenters. The van der Waals surface area contributed by atoms with E-state index in [4.69, 9.17) is 4.74 Å². The van der Waals surface area contributed by atoms with E-state index in [1.54, 1.807) is 24.4 Å². The third-order valence-corrected chi connectivity index (χ3v) is 3.83. The summed E-state index contributed by atoms with van der Waals surface area (Å²) in [6, 6.07) is 6.66. The fourth-order valence-electron chi connectivity index (χ4n) is 2.11. The molecule has 2 rings (SSSR count). The molecule has 5 nitrogen and oxygen atoms in total. The summed E-state index contributed by atoms with van der Waals surface area (Å²) in [6.45, 7) is 2.77. The molecule has 1 aromatic carbocycles. The SMILES string of the molecule is CC(CCBr)CCOc1ccc([N+](=O)[O-])c2ncccc12. The van der Waals surface area contributed by atoms with Gasteiger partial charge >= 0.3 is 0 Å². The third kappa shape index (κ3) is 3.91. The second kappa shape index (κ2) is 7.36. The highest BCUT2D eigenvalue weighted by atomic mass is 79.9. The molecule has 0 bridgehead atoms. The van der Waals surface area contributed by atoms with Gasteiger partial charge < -0.3 is 4.74 Å². The first-order valence-corrected chi connectivity index (χ1v) is 7.96. The molecule has 1 atom stereocenters. The van der Waals surface area contributed by atoms with E-state index in [2.05, 4.69) is 27.8 Å². The van der Waals surface area contributed by atoms with Crippen LogP contribution < -0.4 is 4.74 Å². The quantitative estimate of drug-likeness (QED) is 0.422. The zero-order chi connectivity index (χ0) is 15.2. The zero-order valence-corrected chi connectivity index (χ0v) is 13.4. The van der Waals surface area contributed by atoms with E-state index in [1.807, 2.05) is 0 Å². The number of hydrogen-bond acceptors (Lipinski definition) is 4. The first kappa shape index (κ1) is 15.7. The standard InChI is InChI=1S/C15H17BrN2O3/c1-11(6-8-16)7-10-21-14-5-4-13(18(19)20)15-12(14)3-2-9-17-15/h2-5,9,11H,6-8,10H2,1H3. The molecule has 0 aliphatic carbocycles. The highest BCUT2D eigenvalue weighted by Crippen LogP contribution is 2.31. The molecule has 2 aromatic rings. The lowest BCUT2D eigenvalue weighted by atomic mass is 10.1. The monoisotopic (exact) mass is 352 g/mol. The van der Waals surface area contributed by atoms with Crippen LogP contribution in [0.4, 0.5) is 5.69 Å². The zero-order valence-electron chi connectivity index (χ0n) is 11.8. The van der Waals surface area contributed by atoms with Crippen LogP contribution >= 0.6 is 15.9 Å². The van der Waals surface area contributed by atoms with Crippen molar-refractivity contribution in [3.63, 3.8) is 0 Å². The van der Waals surface area contributed by atoms with Crippen molar-refractivity contribution in [3.8, 4) is 5.75 Å². The smallest absolute Gasteiger partial charge is 0.295 e. The minimum absolute atomic E-state index is 0.00519.